The maximum Gasteiger partial charge on any atom is 0.390 e. The molecule has 0 saturated heterocycles. The van der Waals surface area contributed by atoms with Crippen molar-refractivity contribution in [2.45, 2.75) is 52.6 Å². The van der Waals surface area contributed by atoms with Crippen molar-refractivity contribution in [2.75, 3.05) is 14.1 Å². The maximum atomic E-state index is 2.93. The fourth-order valence-corrected chi connectivity index (χ4v) is 18.0. The predicted molar refractivity (Wildman–Crippen MR) is 243 cm³/mol. The zero-order chi connectivity index (χ0) is 39.3. The third kappa shape index (κ3) is 5.63. The fraction of sp³-hybridized carbons (Fsp3) is 0.196. The Hall–Kier alpha value is -5.49. The Kier molecular flexibility index (Phi) is 9.51. The minimum absolute atomic E-state index is 0.251. The zero-order valence-corrected chi connectivity index (χ0v) is 35.2. The van der Waals surface area contributed by atoms with E-state index in [1.165, 1.54) is 61.2 Å². The van der Waals surface area contributed by atoms with Crippen LogP contribution in [0.5, 0.6) is 0 Å². The first-order valence-electron chi connectivity index (χ1n) is 20.1. The SMILES string of the molecule is CN(C)[Si@@]1([B-]2(c3ccccc3)C(c3ccccc3)=C(c3ccccc3)C(c3ccccc3)=C2c2ccccc2)N(C(C)(C)C)C(c2ccccc2)=[N+]1C(C)(C)C. The molecule has 6 aromatic carbocycles. The van der Waals surface area contributed by atoms with Crippen molar-refractivity contribution in [3.8, 4) is 0 Å². The highest BCUT2D eigenvalue weighted by atomic mass is 28.4. The van der Waals surface area contributed by atoms with Crippen LogP contribution in [0.4, 0.5) is 0 Å². The molecule has 0 aromatic heterocycles. The molecule has 0 aliphatic carbocycles. The zero-order valence-electron chi connectivity index (χ0n) is 34.2. The Bertz CT molecular complexity index is 2330. The second kappa shape index (κ2) is 14.2. The van der Waals surface area contributed by atoms with Gasteiger partial charge in [0.1, 0.15) is 0 Å². The van der Waals surface area contributed by atoms with Gasteiger partial charge in [0.15, 0.2) is 0 Å². The maximum absolute atomic E-state index is 3.29. The van der Waals surface area contributed by atoms with E-state index in [1.807, 2.05) is 0 Å². The summed E-state index contributed by atoms with van der Waals surface area (Å²) in [6, 6.07) is 67.9. The van der Waals surface area contributed by atoms with Crippen LogP contribution in [0.3, 0.4) is 0 Å². The normalized spacial score (nSPS) is 18.5. The molecule has 56 heavy (non-hydrogen) atoms. The molecule has 0 bridgehead atoms. The van der Waals surface area contributed by atoms with Crippen LogP contribution in [-0.4, -0.2) is 58.5 Å². The number of nitrogens with zero attached hydrogens (tertiary/aromatic N) is 3. The number of benzene rings is 6. The topological polar surface area (TPSA) is 9.49 Å². The lowest BCUT2D eigenvalue weighted by Gasteiger charge is -2.68. The molecule has 3 nitrogen and oxygen atoms in total. The third-order valence-electron chi connectivity index (χ3n) is 11.9. The van der Waals surface area contributed by atoms with E-state index in [9.17, 15) is 0 Å². The highest BCUT2D eigenvalue weighted by Gasteiger charge is 2.79. The summed E-state index contributed by atoms with van der Waals surface area (Å²) in [6.45, 7) is 14.6. The number of amidine groups is 1. The first-order chi connectivity index (χ1) is 26.9. The molecule has 2 aliphatic rings. The summed E-state index contributed by atoms with van der Waals surface area (Å²) in [4.78, 5) is 0. The fourth-order valence-electron chi connectivity index (χ4n) is 10.5. The van der Waals surface area contributed by atoms with Gasteiger partial charge in [-0.25, -0.2) is 0 Å². The van der Waals surface area contributed by atoms with Gasteiger partial charge in [0.05, 0.1) is 16.6 Å². The molecule has 0 saturated carbocycles. The van der Waals surface area contributed by atoms with E-state index in [0.717, 1.165) is 0 Å². The number of hydrogen-bond donors (Lipinski definition) is 0. The van der Waals surface area contributed by atoms with E-state index in [1.54, 1.807) is 0 Å². The molecule has 6 aromatic rings. The summed E-state index contributed by atoms with van der Waals surface area (Å²) in [5.41, 5.74) is 10.7. The van der Waals surface area contributed by atoms with Crippen LogP contribution in [0.15, 0.2) is 182 Å². The van der Waals surface area contributed by atoms with Gasteiger partial charge in [-0.1, -0.05) is 181 Å². The molecule has 2 aliphatic heterocycles. The van der Waals surface area contributed by atoms with E-state index in [0.29, 0.717) is 0 Å². The molecule has 0 spiro atoms. The summed E-state index contributed by atoms with van der Waals surface area (Å²) >= 11 is 0. The van der Waals surface area contributed by atoms with Gasteiger partial charge in [-0.2, -0.15) is 16.4 Å². The monoisotopic (exact) mass is 747 g/mol. The Morgan fingerprint density at radius 2 is 0.768 bits per heavy atom. The Labute approximate surface area is 336 Å². The molecule has 0 amide bonds. The summed E-state index contributed by atoms with van der Waals surface area (Å²) in [5, 5.41) is 0. The van der Waals surface area contributed by atoms with Gasteiger partial charge >= 0.3 is 8.43 Å². The summed E-state index contributed by atoms with van der Waals surface area (Å²) in [6.07, 6.45) is 0. The van der Waals surface area contributed by atoms with E-state index in [4.69, 9.17) is 0 Å². The van der Waals surface area contributed by atoms with E-state index in [-0.39, 0.29) is 11.1 Å². The molecule has 8 rings (SSSR count). The summed E-state index contributed by atoms with van der Waals surface area (Å²) < 4.78 is 8.55. The molecular weight excluding hydrogens is 693 g/mol. The lowest BCUT2D eigenvalue weighted by atomic mass is 9.32. The number of allylic oxidation sites excluding steroid dienone is 2. The molecule has 0 radical (unpaired) electrons. The van der Waals surface area contributed by atoms with Gasteiger partial charge in [-0.3, -0.25) is 13.4 Å². The second-order valence-corrected chi connectivity index (χ2v) is 21.6. The molecule has 0 N–H and O–H groups in total. The Morgan fingerprint density at radius 3 is 1.09 bits per heavy atom. The van der Waals surface area contributed by atoms with Gasteiger partial charge in [0, 0.05) is 0 Å². The van der Waals surface area contributed by atoms with Crippen LogP contribution in [-0.2, 0) is 0 Å². The summed E-state index contributed by atoms with van der Waals surface area (Å²) in [5.74, 6) is 1.30. The summed E-state index contributed by atoms with van der Waals surface area (Å²) in [7, 11) is 1.48. The molecule has 2 heterocycles. The van der Waals surface area contributed by atoms with Crippen molar-refractivity contribution in [3.63, 3.8) is 0 Å². The standard InChI is InChI=1S/C51H54BN3Si/c1-50(2,3)54-49(43-35-23-13-24-36-43)55(51(4,5)6)56(54,53(7)8)52(44-37-25-14-26-38-44)47(41-31-19-11-20-32-41)45(39-27-15-9-16-28-39)46(40-29-17-10-18-30-40)48(52)42-33-21-12-22-34-42/h9-38H,1-8H3. The van der Waals surface area contributed by atoms with E-state index >= 15 is 0 Å². The van der Waals surface area contributed by atoms with Crippen LogP contribution in [0, 0.1) is 0 Å². The van der Waals surface area contributed by atoms with Gasteiger partial charge in [-0.05, 0) is 90.0 Å². The molecule has 5 heteroatoms. The largest absolute Gasteiger partial charge is 0.390 e. The van der Waals surface area contributed by atoms with Gasteiger partial charge in [0.2, 0.25) is 5.74 Å². The van der Waals surface area contributed by atoms with Crippen molar-refractivity contribution >= 4 is 47.6 Å². The molecular formula is C51H54BN3Si. The van der Waals surface area contributed by atoms with Crippen LogP contribution in [0.1, 0.15) is 69.4 Å². The molecule has 1 atom stereocenters. The number of hydrogen-bond acceptors (Lipinski definition) is 2. The average Bonchev–Trinajstić information content (AvgIpc) is 3.51. The van der Waals surface area contributed by atoms with Crippen LogP contribution in [0.25, 0.3) is 22.1 Å². The van der Waals surface area contributed by atoms with Crippen molar-refractivity contribution in [3.05, 3.63) is 210 Å². The van der Waals surface area contributed by atoms with Crippen LogP contribution in [0.2, 0.25) is 0 Å². The first-order valence-corrected chi connectivity index (χ1v) is 22.0. The van der Waals surface area contributed by atoms with E-state index in [2.05, 4.69) is 251 Å². The van der Waals surface area contributed by atoms with Crippen LogP contribution < -0.4 is 5.46 Å². The molecule has 280 valence electrons. The van der Waals surface area contributed by atoms with Gasteiger partial charge in [0.25, 0.3) is 5.84 Å². The second-order valence-electron chi connectivity index (χ2n) is 17.6. The van der Waals surface area contributed by atoms with Crippen LogP contribution >= 0.6 is 0 Å². The Balaban J connectivity index is 1.74. The first kappa shape index (κ1) is 37.4. The van der Waals surface area contributed by atoms with Crippen molar-refractivity contribution in [1.29, 1.82) is 0 Å². The predicted octanol–water partition coefficient (Wildman–Crippen LogP) is 10.6. The quantitative estimate of drug-likeness (QED) is 0.143. The van der Waals surface area contributed by atoms with Gasteiger partial charge in [-0.15, -0.1) is 0 Å². The highest BCUT2D eigenvalue weighted by molar-refractivity contribution is 7.58. The Morgan fingerprint density at radius 1 is 0.446 bits per heavy atom. The molecule has 0 unspecified atom stereocenters. The lowest BCUT2D eigenvalue weighted by Crippen LogP contribution is -2.98. The highest BCUT2D eigenvalue weighted by Crippen LogP contribution is 2.61. The van der Waals surface area contributed by atoms with Crippen molar-refractivity contribution < 1.29 is 4.24 Å². The van der Waals surface area contributed by atoms with Gasteiger partial charge < -0.3 is 0 Å². The van der Waals surface area contributed by atoms with E-state index < -0.39 is 14.2 Å². The minimum Gasteiger partial charge on any atom is -0.284 e. The van der Waals surface area contributed by atoms with Crippen molar-refractivity contribution in [2.24, 2.45) is 0 Å². The smallest absolute Gasteiger partial charge is 0.284 e. The lowest BCUT2D eigenvalue weighted by molar-refractivity contribution is -0.521. The average molecular weight is 748 g/mol. The van der Waals surface area contributed by atoms with Crippen molar-refractivity contribution in [1.82, 2.24) is 9.13 Å². The molecule has 0 fully saturated rings. The number of rotatable bonds is 8. The minimum atomic E-state index is -3.29. The third-order valence-corrected chi connectivity index (χ3v) is 18.4.